The topological polar surface area (TPSA) is 71.3 Å². The lowest BCUT2D eigenvalue weighted by Crippen LogP contribution is -2.29. The molecule has 0 spiro atoms. The van der Waals surface area contributed by atoms with E-state index in [9.17, 15) is 9.59 Å². The third kappa shape index (κ3) is 4.06. The van der Waals surface area contributed by atoms with E-state index in [2.05, 4.69) is 10.1 Å². The smallest absolute Gasteiger partial charge is 0.260 e. The highest BCUT2D eigenvalue weighted by Crippen LogP contribution is 2.23. The molecule has 0 fully saturated rings. The zero-order valence-electron chi connectivity index (χ0n) is 17.2. The van der Waals surface area contributed by atoms with E-state index < -0.39 is 0 Å². The molecule has 3 aromatic carbocycles. The van der Waals surface area contributed by atoms with Crippen molar-refractivity contribution in [3.05, 3.63) is 102 Å². The second-order valence-electron chi connectivity index (χ2n) is 6.92. The number of carbonyl (C=O) groups excluding carboxylic acids is 2. The van der Waals surface area contributed by atoms with Crippen LogP contribution in [0.2, 0.25) is 0 Å². The Morgan fingerprint density at radius 3 is 1.65 bits per heavy atom. The fourth-order valence-electron chi connectivity index (χ4n) is 3.13. The maximum Gasteiger partial charge on any atom is 0.260 e. The van der Waals surface area contributed by atoms with E-state index in [0.717, 1.165) is 5.69 Å². The Bertz CT molecular complexity index is 1190. The average Bonchev–Trinajstić information content (AvgIpc) is 3.29. The Morgan fingerprint density at radius 2 is 1.13 bits per heavy atom. The summed E-state index contributed by atoms with van der Waals surface area (Å²) in [6.07, 6.45) is 0. The number of para-hydroxylation sites is 1. The van der Waals surface area contributed by atoms with E-state index in [1.54, 1.807) is 67.3 Å². The summed E-state index contributed by atoms with van der Waals surface area (Å²) in [6.45, 7) is 0. The van der Waals surface area contributed by atoms with Crippen molar-refractivity contribution in [2.24, 2.45) is 0 Å². The highest BCUT2D eigenvalue weighted by Gasteiger charge is 2.25. The van der Waals surface area contributed by atoms with Gasteiger partial charge in [0, 0.05) is 25.2 Å². The lowest BCUT2D eigenvalue weighted by Gasteiger charge is -2.16. The van der Waals surface area contributed by atoms with Crippen molar-refractivity contribution in [1.29, 1.82) is 0 Å². The molecule has 0 bridgehead atoms. The van der Waals surface area contributed by atoms with Gasteiger partial charge in [-0.3, -0.25) is 19.4 Å². The molecule has 0 aliphatic rings. The third-order valence-corrected chi connectivity index (χ3v) is 4.83. The predicted octanol–water partition coefficient (Wildman–Crippen LogP) is 3.82. The quantitative estimate of drug-likeness (QED) is 0.501. The van der Waals surface area contributed by atoms with Crippen LogP contribution in [0.5, 0.6) is 0 Å². The molecular formula is C24H21N5O2. The number of benzene rings is 3. The van der Waals surface area contributed by atoms with Gasteiger partial charge in [-0.2, -0.15) is 9.67 Å². The van der Waals surface area contributed by atoms with E-state index >= 15 is 0 Å². The molecule has 2 amide bonds. The van der Waals surface area contributed by atoms with Crippen LogP contribution in [0.15, 0.2) is 91.0 Å². The lowest BCUT2D eigenvalue weighted by molar-refractivity contribution is 0.0984. The van der Waals surface area contributed by atoms with Crippen LogP contribution in [0, 0.1) is 0 Å². The molecule has 4 aromatic rings. The van der Waals surface area contributed by atoms with Gasteiger partial charge in [0.15, 0.2) is 0 Å². The third-order valence-electron chi connectivity index (χ3n) is 4.83. The molecule has 1 aromatic heterocycles. The normalized spacial score (nSPS) is 10.5. The SMILES string of the molecule is CN(C(=O)c1ccccc1)c1nc(N(C)C(=O)c2ccccc2)n(-c2ccccc2)n1. The van der Waals surface area contributed by atoms with Crippen molar-refractivity contribution in [3.8, 4) is 5.69 Å². The highest BCUT2D eigenvalue weighted by atomic mass is 16.2. The molecule has 0 saturated carbocycles. The van der Waals surface area contributed by atoms with Crippen LogP contribution in [0.25, 0.3) is 5.69 Å². The molecule has 0 saturated heterocycles. The molecule has 0 radical (unpaired) electrons. The molecule has 0 aliphatic carbocycles. The Labute approximate surface area is 180 Å². The standard InChI is InChI=1S/C24H21N5O2/c1-27(21(30)18-12-6-3-7-13-18)23-25-24(29(26-23)20-16-10-5-11-17-20)28(2)22(31)19-14-8-4-9-15-19/h3-17H,1-2H3. The molecule has 4 rings (SSSR count). The van der Waals surface area contributed by atoms with E-state index in [1.165, 1.54) is 9.80 Å². The summed E-state index contributed by atoms with van der Waals surface area (Å²) in [5.41, 5.74) is 1.78. The number of hydrogen-bond acceptors (Lipinski definition) is 4. The first-order chi connectivity index (χ1) is 15.1. The second kappa shape index (κ2) is 8.62. The first-order valence-corrected chi connectivity index (χ1v) is 9.75. The molecular weight excluding hydrogens is 390 g/mol. The number of rotatable bonds is 5. The first-order valence-electron chi connectivity index (χ1n) is 9.75. The summed E-state index contributed by atoms with van der Waals surface area (Å²) in [5, 5.41) is 4.54. The van der Waals surface area contributed by atoms with Crippen LogP contribution in [0.4, 0.5) is 11.9 Å². The predicted molar refractivity (Wildman–Crippen MR) is 120 cm³/mol. The number of aromatic nitrogens is 3. The fourth-order valence-corrected chi connectivity index (χ4v) is 3.13. The molecule has 154 valence electrons. The van der Waals surface area contributed by atoms with Crippen LogP contribution in [0.1, 0.15) is 20.7 Å². The second-order valence-corrected chi connectivity index (χ2v) is 6.92. The van der Waals surface area contributed by atoms with Gasteiger partial charge in [-0.15, -0.1) is 5.10 Å². The van der Waals surface area contributed by atoms with Gasteiger partial charge in [0.2, 0.25) is 5.95 Å². The summed E-state index contributed by atoms with van der Waals surface area (Å²) in [6, 6.07) is 27.2. The number of anilines is 2. The largest absolute Gasteiger partial charge is 0.280 e. The zero-order chi connectivity index (χ0) is 21.8. The van der Waals surface area contributed by atoms with Gasteiger partial charge >= 0.3 is 0 Å². The molecule has 7 heteroatoms. The van der Waals surface area contributed by atoms with Crippen molar-refractivity contribution in [2.45, 2.75) is 0 Å². The first kappa shape index (κ1) is 20.0. The van der Waals surface area contributed by atoms with Crippen molar-refractivity contribution >= 4 is 23.7 Å². The molecule has 0 atom stereocenters. The number of hydrogen-bond donors (Lipinski definition) is 0. The van der Waals surface area contributed by atoms with Gasteiger partial charge in [0.1, 0.15) is 0 Å². The van der Waals surface area contributed by atoms with Gasteiger partial charge in [-0.25, -0.2) is 0 Å². The molecule has 0 N–H and O–H groups in total. The van der Waals surface area contributed by atoms with Gasteiger partial charge in [0.05, 0.1) is 5.69 Å². The van der Waals surface area contributed by atoms with Crippen LogP contribution >= 0.6 is 0 Å². The molecule has 1 heterocycles. The Balaban J connectivity index is 1.74. The van der Waals surface area contributed by atoms with Gasteiger partial charge < -0.3 is 0 Å². The fraction of sp³-hybridized carbons (Fsp3) is 0.0833. The van der Waals surface area contributed by atoms with Crippen molar-refractivity contribution < 1.29 is 9.59 Å². The van der Waals surface area contributed by atoms with E-state index in [4.69, 9.17) is 0 Å². The van der Waals surface area contributed by atoms with E-state index in [1.807, 2.05) is 42.5 Å². The maximum atomic E-state index is 13.0. The monoisotopic (exact) mass is 411 g/mol. The number of amides is 2. The molecule has 0 unspecified atom stereocenters. The van der Waals surface area contributed by atoms with Gasteiger partial charge in [0.25, 0.3) is 17.8 Å². The van der Waals surface area contributed by atoms with Crippen LogP contribution in [-0.2, 0) is 0 Å². The van der Waals surface area contributed by atoms with E-state index in [0.29, 0.717) is 17.1 Å². The molecule has 7 nitrogen and oxygen atoms in total. The lowest BCUT2D eigenvalue weighted by atomic mass is 10.2. The van der Waals surface area contributed by atoms with Crippen LogP contribution in [-0.4, -0.2) is 40.7 Å². The van der Waals surface area contributed by atoms with E-state index in [-0.39, 0.29) is 17.8 Å². The minimum absolute atomic E-state index is 0.195. The van der Waals surface area contributed by atoms with Gasteiger partial charge in [-0.1, -0.05) is 54.6 Å². The van der Waals surface area contributed by atoms with Crippen LogP contribution in [0.3, 0.4) is 0 Å². The Morgan fingerprint density at radius 1 is 0.677 bits per heavy atom. The van der Waals surface area contributed by atoms with Crippen molar-refractivity contribution in [2.75, 3.05) is 23.9 Å². The summed E-state index contributed by atoms with van der Waals surface area (Å²) in [5.74, 6) is 0.0337. The summed E-state index contributed by atoms with van der Waals surface area (Å²) >= 11 is 0. The summed E-state index contributed by atoms with van der Waals surface area (Å²) in [7, 11) is 3.25. The zero-order valence-corrected chi connectivity index (χ0v) is 17.2. The molecule has 31 heavy (non-hydrogen) atoms. The van der Waals surface area contributed by atoms with Crippen LogP contribution < -0.4 is 9.80 Å². The average molecular weight is 411 g/mol. The number of nitrogens with zero attached hydrogens (tertiary/aromatic N) is 5. The van der Waals surface area contributed by atoms with Crippen molar-refractivity contribution in [3.63, 3.8) is 0 Å². The minimum Gasteiger partial charge on any atom is -0.280 e. The highest BCUT2D eigenvalue weighted by molar-refractivity contribution is 6.06. The Kier molecular flexibility index (Phi) is 5.57. The maximum absolute atomic E-state index is 13.0. The van der Waals surface area contributed by atoms with Gasteiger partial charge in [-0.05, 0) is 36.4 Å². The molecule has 0 aliphatic heterocycles. The summed E-state index contributed by atoms with van der Waals surface area (Å²) in [4.78, 5) is 33.3. The summed E-state index contributed by atoms with van der Waals surface area (Å²) < 4.78 is 1.56. The number of carbonyl (C=O) groups is 2. The van der Waals surface area contributed by atoms with Crippen molar-refractivity contribution in [1.82, 2.24) is 14.8 Å². The Hall–Kier alpha value is -4.26. The minimum atomic E-state index is -0.241.